The second-order valence-electron chi connectivity index (χ2n) is 10.9. The maximum absolute atomic E-state index is 14.4. The van der Waals surface area contributed by atoms with Crippen LogP contribution in [0.3, 0.4) is 0 Å². The van der Waals surface area contributed by atoms with Crippen LogP contribution in [-0.2, 0) is 11.2 Å². The van der Waals surface area contributed by atoms with Crippen molar-refractivity contribution < 1.29 is 14.0 Å². The van der Waals surface area contributed by atoms with E-state index in [1.54, 1.807) is 19.1 Å². The number of aromatic amines is 1. The number of hydrogen-bond donors (Lipinski definition) is 1. The number of amides is 2. The molecule has 0 spiro atoms. The van der Waals surface area contributed by atoms with Crippen molar-refractivity contribution in [1.82, 2.24) is 14.8 Å². The zero-order chi connectivity index (χ0) is 24.3. The van der Waals surface area contributed by atoms with Crippen molar-refractivity contribution in [3.63, 3.8) is 0 Å². The van der Waals surface area contributed by atoms with Crippen LogP contribution < -0.4 is 0 Å². The molecule has 3 fully saturated rings. The molecule has 6 heteroatoms. The van der Waals surface area contributed by atoms with Gasteiger partial charge in [0.15, 0.2) is 0 Å². The first kappa shape index (κ1) is 22.3. The van der Waals surface area contributed by atoms with Crippen molar-refractivity contribution in [2.45, 2.75) is 76.5 Å². The summed E-state index contributed by atoms with van der Waals surface area (Å²) in [4.78, 5) is 34.6. The maximum Gasteiger partial charge on any atom is 0.270 e. The molecule has 35 heavy (non-hydrogen) atoms. The summed E-state index contributed by atoms with van der Waals surface area (Å²) in [6, 6.07) is 17.0. The lowest BCUT2D eigenvalue weighted by molar-refractivity contribution is -0.141. The molecule has 3 heterocycles. The third-order valence-corrected chi connectivity index (χ3v) is 8.93. The van der Waals surface area contributed by atoms with Gasteiger partial charge in [-0.15, -0.1) is 0 Å². The predicted octanol–water partition coefficient (Wildman–Crippen LogP) is 5.31. The maximum atomic E-state index is 14.4. The van der Waals surface area contributed by atoms with Crippen molar-refractivity contribution in [1.29, 1.82) is 0 Å². The summed E-state index contributed by atoms with van der Waals surface area (Å²) in [5, 5.41) is 0.701. The minimum absolute atomic E-state index is 0.0615. The standard InChI is InChI=1S/C29H32FN3O2/c1-18(34)32-23(15-19-9-4-3-5-10-19)24-17-29(2)25(32)13-6-7-14-26(29)33(24)28(35)22-16-20-11-8-12-21(30)27(20)31-22/h3-5,8-12,16,23-26,31H,6-7,13-15,17H2,1-2H3/t23-,24-,25+,26-,29+/m0/s1. The Hall–Kier alpha value is -3.15. The molecule has 1 aliphatic carbocycles. The highest BCUT2D eigenvalue weighted by Gasteiger charge is 2.63. The molecule has 1 N–H and O–H groups in total. The van der Waals surface area contributed by atoms with E-state index in [-0.39, 0.29) is 47.2 Å². The Morgan fingerprint density at radius 1 is 1.03 bits per heavy atom. The van der Waals surface area contributed by atoms with Gasteiger partial charge in [-0.1, -0.05) is 62.2 Å². The van der Waals surface area contributed by atoms with E-state index in [1.807, 2.05) is 24.3 Å². The number of nitrogens with zero attached hydrogens (tertiary/aromatic N) is 2. The molecule has 5 nitrogen and oxygen atoms in total. The smallest absolute Gasteiger partial charge is 0.270 e. The summed E-state index contributed by atoms with van der Waals surface area (Å²) in [5.74, 6) is -0.342. The van der Waals surface area contributed by atoms with Gasteiger partial charge in [-0.05, 0) is 43.4 Å². The van der Waals surface area contributed by atoms with E-state index >= 15 is 0 Å². The zero-order valence-electron chi connectivity index (χ0n) is 20.3. The van der Waals surface area contributed by atoms with E-state index in [2.05, 4.69) is 33.8 Å². The molecular weight excluding hydrogens is 441 g/mol. The van der Waals surface area contributed by atoms with Gasteiger partial charge >= 0.3 is 0 Å². The van der Waals surface area contributed by atoms with E-state index < -0.39 is 0 Å². The third-order valence-electron chi connectivity index (χ3n) is 8.93. The quantitative estimate of drug-likeness (QED) is 0.560. The molecule has 3 aliphatic rings. The molecule has 5 atom stereocenters. The van der Waals surface area contributed by atoms with E-state index in [1.165, 1.54) is 11.6 Å². The second-order valence-corrected chi connectivity index (χ2v) is 10.9. The minimum Gasteiger partial charge on any atom is -0.348 e. The number of likely N-dealkylation sites (tertiary alicyclic amines) is 2. The molecule has 2 aliphatic heterocycles. The highest BCUT2D eigenvalue weighted by molar-refractivity contribution is 5.99. The van der Waals surface area contributed by atoms with E-state index in [0.717, 1.165) is 38.5 Å². The van der Waals surface area contributed by atoms with Gasteiger partial charge in [0.1, 0.15) is 11.5 Å². The SMILES string of the molecule is CC(=O)N1[C@@H](Cc2ccccc2)[C@@H]2C[C@@]3(C)[C@H](CCCC[C@@H]13)N2C(=O)c1cc2cccc(F)c2[nH]1. The first-order valence-corrected chi connectivity index (χ1v) is 12.8. The Bertz CT molecular complexity index is 1290. The average molecular weight is 474 g/mol. The van der Waals surface area contributed by atoms with Crippen molar-refractivity contribution in [3.05, 3.63) is 71.7 Å². The number of rotatable bonds is 3. The van der Waals surface area contributed by atoms with E-state index in [4.69, 9.17) is 0 Å². The summed E-state index contributed by atoms with van der Waals surface area (Å²) >= 11 is 0. The number of nitrogens with one attached hydrogen (secondary N) is 1. The van der Waals surface area contributed by atoms with Crippen LogP contribution in [0.5, 0.6) is 0 Å². The van der Waals surface area contributed by atoms with Gasteiger partial charge in [-0.3, -0.25) is 9.59 Å². The Labute approximate surface area is 205 Å². The molecular formula is C29H32FN3O2. The molecule has 182 valence electrons. The number of halogens is 1. The van der Waals surface area contributed by atoms with Crippen LogP contribution in [0.1, 0.15) is 62.0 Å². The van der Waals surface area contributed by atoms with Gasteiger partial charge < -0.3 is 14.8 Å². The lowest BCUT2D eigenvalue weighted by Gasteiger charge is -2.50. The number of hydrogen-bond acceptors (Lipinski definition) is 2. The van der Waals surface area contributed by atoms with Crippen molar-refractivity contribution in [2.75, 3.05) is 0 Å². The number of H-pyrrole nitrogens is 1. The van der Waals surface area contributed by atoms with E-state index in [0.29, 0.717) is 16.6 Å². The first-order chi connectivity index (χ1) is 16.9. The second kappa shape index (κ2) is 8.21. The van der Waals surface area contributed by atoms with Crippen molar-refractivity contribution >= 4 is 22.7 Å². The summed E-state index contributed by atoms with van der Waals surface area (Å²) in [6.45, 7) is 3.96. The van der Waals surface area contributed by atoms with Crippen LogP contribution in [-0.4, -0.2) is 50.8 Å². The zero-order valence-corrected chi connectivity index (χ0v) is 20.3. The van der Waals surface area contributed by atoms with Crippen LogP contribution in [0.2, 0.25) is 0 Å². The Balaban J connectivity index is 1.46. The first-order valence-electron chi connectivity index (χ1n) is 12.8. The van der Waals surface area contributed by atoms with Crippen LogP contribution in [0.25, 0.3) is 10.9 Å². The Morgan fingerprint density at radius 2 is 1.74 bits per heavy atom. The third kappa shape index (κ3) is 3.40. The number of para-hydroxylation sites is 1. The molecule has 0 unspecified atom stereocenters. The topological polar surface area (TPSA) is 56.4 Å². The molecule has 2 saturated heterocycles. The monoisotopic (exact) mass is 473 g/mol. The molecule has 2 bridgehead atoms. The number of piperidine rings is 1. The van der Waals surface area contributed by atoms with Crippen LogP contribution in [0.15, 0.2) is 54.6 Å². The highest BCUT2D eigenvalue weighted by atomic mass is 19.1. The fourth-order valence-corrected chi connectivity index (χ4v) is 7.47. The van der Waals surface area contributed by atoms with Crippen molar-refractivity contribution in [3.8, 4) is 0 Å². The molecule has 1 saturated carbocycles. The number of benzene rings is 2. The lowest BCUT2D eigenvalue weighted by atomic mass is 9.69. The predicted molar refractivity (Wildman–Crippen MR) is 133 cm³/mol. The Kier molecular flexibility index (Phi) is 5.24. The summed E-state index contributed by atoms with van der Waals surface area (Å²) in [5.41, 5.74) is 1.82. The number of carbonyl (C=O) groups is 2. The van der Waals surface area contributed by atoms with Gasteiger partial charge in [0.05, 0.1) is 17.6 Å². The number of aromatic nitrogens is 1. The normalized spacial score (nSPS) is 29.9. The summed E-state index contributed by atoms with van der Waals surface area (Å²) < 4.78 is 14.4. The van der Waals surface area contributed by atoms with Gasteiger partial charge in [0.25, 0.3) is 5.91 Å². The molecule has 3 aromatic rings. The molecule has 0 radical (unpaired) electrons. The van der Waals surface area contributed by atoms with Gasteiger partial charge in [0.2, 0.25) is 5.91 Å². The highest BCUT2D eigenvalue weighted by Crippen LogP contribution is 2.56. The number of fused-ring (bicyclic) bond motifs is 2. The fourth-order valence-electron chi connectivity index (χ4n) is 7.47. The fraction of sp³-hybridized carbons (Fsp3) is 0.448. The summed E-state index contributed by atoms with van der Waals surface area (Å²) in [6.07, 6.45) is 5.63. The van der Waals surface area contributed by atoms with E-state index in [9.17, 15) is 14.0 Å². The van der Waals surface area contributed by atoms with Gasteiger partial charge in [-0.2, -0.15) is 0 Å². The molecule has 2 amide bonds. The van der Waals surface area contributed by atoms with Crippen molar-refractivity contribution in [2.24, 2.45) is 5.41 Å². The number of carbonyl (C=O) groups excluding carboxylic acids is 2. The van der Waals surface area contributed by atoms with Gasteiger partial charge in [-0.25, -0.2) is 4.39 Å². The largest absolute Gasteiger partial charge is 0.348 e. The summed E-state index contributed by atoms with van der Waals surface area (Å²) in [7, 11) is 0. The van der Waals surface area contributed by atoms with Gasteiger partial charge in [0, 0.05) is 29.8 Å². The van der Waals surface area contributed by atoms with Crippen LogP contribution in [0.4, 0.5) is 4.39 Å². The van der Waals surface area contributed by atoms with Crippen LogP contribution >= 0.6 is 0 Å². The lowest BCUT2D eigenvalue weighted by Crippen LogP contribution is -2.61. The van der Waals surface area contributed by atoms with Crippen LogP contribution in [0, 0.1) is 11.2 Å². The Morgan fingerprint density at radius 3 is 2.43 bits per heavy atom. The average Bonchev–Trinajstić information content (AvgIpc) is 3.34. The molecule has 2 aromatic carbocycles. The minimum atomic E-state index is -0.354. The molecule has 1 aromatic heterocycles. The molecule has 6 rings (SSSR count).